The highest BCUT2D eigenvalue weighted by atomic mass is 35.5. The molecule has 1 saturated heterocycles. The van der Waals surface area contributed by atoms with Crippen LogP contribution in [0.3, 0.4) is 0 Å². The van der Waals surface area contributed by atoms with E-state index in [0.29, 0.717) is 22.0 Å². The van der Waals surface area contributed by atoms with Crippen LogP contribution in [0.15, 0.2) is 12.1 Å². The Balaban J connectivity index is 1.50. The van der Waals surface area contributed by atoms with Gasteiger partial charge in [0.2, 0.25) is 5.91 Å². The molecule has 0 aromatic heterocycles. The van der Waals surface area contributed by atoms with Gasteiger partial charge in [-0.05, 0) is 48.3 Å². The highest BCUT2D eigenvalue weighted by Crippen LogP contribution is 2.52. The van der Waals surface area contributed by atoms with Crippen molar-refractivity contribution in [3.05, 3.63) is 33.3 Å². The van der Waals surface area contributed by atoms with Gasteiger partial charge in [-0.25, -0.2) is 0 Å². The van der Waals surface area contributed by atoms with E-state index < -0.39 is 0 Å². The molecule has 2 fully saturated rings. The van der Waals surface area contributed by atoms with Gasteiger partial charge in [-0.15, -0.1) is 0 Å². The molecule has 0 bridgehead atoms. The zero-order valence-electron chi connectivity index (χ0n) is 11.8. The molecule has 1 saturated carbocycles. The van der Waals surface area contributed by atoms with Gasteiger partial charge >= 0.3 is 0 Å². The lowest BCUT2D eigenvalue weighted by Crippen LogP contribution is -2.45. The number of carbonyl (C=O) groups excluding carboxylic acids is 1. The van der Waals surface area contributed by atoms with E-state index in [1.807, 2.05) is 17.0 Å². The number of fused-ring (bicyclic) bond motifs is 1. The number of nitrogens with one attached hydrogen (secondary N) is 1. The molecule has 21 heavy (non-hydrogen) atoms. The molecule has 1 aromatic rings. The predicted octanol–water partition coefficient (Wildman–Crippen LogP) is 3.02. The van der Waals surface area contributed by atoms with Crippen molar-refractivity contribution in [1.82, 2.24) is 10.2 Å². The Bertz CT molecular complexity index is 613. The van der Waals surface area contributed by atoms with Crippen LogP contribution < -0.4 is 5.32 Å². The molecule has 1 spiro atoms. The maximum Gasteiger partial charge on any atom is 0.240 e. The van der Waals surface area contributed by atoms with Crippen LogP contribution in [0, 0.1) is 5.41 Å². The van der Waals surface area contributed by atoms with Crippen LogP contribution in [0.25, 0.3) is 0 Å². The van der Waals surface area contributed by atoms with E-state index in [1.165, 1.54) is 12.8 Å². The number of benzene rings is 1. The van der Waals surface area contributed by atoms with Crippen LogP contribution in [-0.2, 0) is 17.8 Å². The third-order valence-electron chi connectivity index (χ3n) is 5.21. The fourth-order valence-corrected chi connectivity index (χ4v) is 4.10. The van der Waals surface area contributed by atoms with E-state index in [1.54, 1.807) is 0 Å². The topological polar surface area (TPSA) is 32.3 Å². The van der Waals surface area contributed by atoms with Crippen LogP contribution in [-0.4, -0.2) is 29.9 Å². The normalized spacial score (nSPS) is 26.0. The summed E-state index contributed by atoms with van der Waals surface area (Å²) in [6.07, 6.45) is 4.36. The van der Waals surface area contributed by atoms with E-state index in [0.717, 1.165) is 37.1 Å². The first-order chi connectivity index (χ1) is 10.1. The summed E-state index contributed by atoms with van der Waals surface area (Å²) in [6.45, 7) is 2.39. The lowest BCUT2D eigenvalue weighted by molar-refractivity contribution is -0.134. The maximum atomic E-state index is 12.7. The van der Waals surface area contributed by atoms with Crippen molar-refractivity contribution in [3.8, 4) is 0 Å². The Morgan fingerprint density at radius 1 is 1.33 bits per heavy atom. The van der Waals surface area contributed by atoms with Crippen molar-refractivity contribution in [2.24, 2.45) is 5.41 Å². The number of nitrogens with zero attached hydrogens (tertiary/aromatic N) is 1. The highest BCUT2D eigenvalue weighted by molar-refractivity contribution is 6.42. The monoisotopic (exact) mass is 324 g/mol. The van der Waals surface area contributed by atoms with Gasteiger partial charge in [0.05, 0.1) is 16.1 Å². The van der Waals surface area contributed by atoms with Crippen molar-refractivity contribution < 1.29 is 4.79 Å². The first-order valence-corrected chi connectivity index (χ1v) is 8.32. The van der Waals surface area contributed by atoms with Crippen LogP contribution >= 0.6 is 23.2 Å². The van der Waals surface area contributed by atoms with Crippen molar-refractivity contribution in [2.75, 3.05) is 13.1 Å². The average molecular weight is 325 g/mol. The van der Waals surface area contributed by atoms with Gasteiger partial charge in [-0.1, -0.05) is 29.3 Å². The van der Waals surface area contributed by atoms with Gasteiger partial charge in [0.25, 0.3) is 0 Å². The molecular formula is C16H18Cl2N2O. The summed E-state index contributed by atoms with van der Waals surface area (Å²) in [5.41, 5.74) is 2.68. The van der Waals surface area contributed by atoms with Crippen molar-refractivity contribution in [2.45, 2.75) is 38.3 Å². The highest BCUT2D eigenvalue weighted by Gasteiger charge is 2.50. The van der Waals surface area contributed by atoms with Crippen molar-refractivity contribution >= 4 is 29.1 Å². The minimum atomic E-state index is 0.0109. The van der Waals surface area contributed by atoms with E-state index in [9.17, 15) is 4.79 Å². The Kier molecular flexibility index (Phi) is 3.21. The molecule has 2 aliphatic heterocycles. The average Bonchev–Trinajstić information content (AvgIpc) is 3.12. The summed E-state index contributed by atoms with van der Waals surface area (Å²) >= 11 is 12.3. The number of carbonyl (C=O) groups is 1. The number of rotatable bonds is 1. The first-order valence-electron chi connectivity index (χ1n) is 7.56. The molecule has 0 radical (unpaired) electrons. The Morgan fingerprint density at radius 3 is 2.86 bits per heavy atom. The molecule has 1 aromatic carbocycles. The van der Waals surface area contributed by atoms with Crippen LogP contribution in [0.4, 0.5) is 0 Å². The number of halogens is 2. The Hall–Kier alpha value is -0.770. The standard InChI is InChI=1S/C16H18Cl2N2O/c17-12-2-1-10-8-20(6-3-11(10)14(12)18)15(21)13-7-16(4-5-16)9-19-13/h1-2,13,19H,3-9H2/t13-/m0/s1. The molecule has 1 aliphatic carbocycles. The van der Waals surface area contributed by atoms with E-state index in [4.69, 9.17) is 23.2 Å². The van der Waals surface area contributed by atoms with E-state index >= 15 is 0 Å². The van der Waals surface area contributed by atoms with Crippen LogP contribution in [0.2, 0.25) is 10.0 Å². The first kappa shape index (κ1) is 13.9. The SMILES string of the molecule is O=C([C@@H]1CC2(CC2)CN1)N1CCc2c(ccc(Cl)c2Cl)C1. The maximum absolute atomic E-state index is 12.7. The Morgan fingerprint density at radius 2 is 2.14 bits per heavy atom. The molecule has 5 heteroatoms. The zero-order valence-corrected chi connectivity index (χ0v) is 13.3. The van der Waals surface area contributed by atoms with Gasteiger partial charge < -0.3 is 10.2 Å². The van der Waals surface area contributed by atoms with Crippen LogP contribution in [0.5, 0.6) is 0 Å². The molecule has 1 N–H and O–H groups in total. The predicted molar refractivity (Wildman–Crippen MR) is 83.7 cm³/mol. The summed E-state index contributed by atoms with van der Waals surface area (Å²) in [5, 5.41) is 4.66. The third-order valence-corrected chi connectivity index (χ3v) is 6.06. The summed E-state index contributed by atoms with van der Waals surface area (Å²) < 4.78 is 0. The van der Waals surface area contributed by atoms with Crippen molar-refractivity contribution in [1.29, 1.82) is 0 Å². The largest absolute Gasteiger partial charge is 0.337 e. The van der Waals surface area contributed by atoms with Gasteiger partial charge in [-0.2, -0.15) is 0 Å². The molecule has 0 unspecified atom stereocenters. The molecule has 1 atom stereocenters. The van der Waals surface area contributed by atoms with Gasteiger partial charge in [-0.3, -0.25) is 4.79 Å². The van der Waals surface area contributed by atoms with Crippen LogP contribution in [0.1, 0.15) is 30.4 Å². The fraction of sp³-hybridized carbons (Fsp3) is 0.562. The molecule has 112 valence electrons. The van der Waals surface area contributed by atoms with Gasteiger partial charge in [0.15, 0.2) is 0 Å². The number of hydrogen-bond acceptors (Lipinski definition) is 2. The molecule has 3 aliphatic rings. The summed E-state index contributed by atoms with van der Waals surface area (Å²) in [6, 6.07) is 3.83. The van der Waals surface area contributed by atoms with Crippen molar-refractivity contribution in [3.63, 3.8) is 0 Å². The molecular weight excluding hydrogens is 307 g/mol. The van der Waals surface area contributed by atoms with Gasteiger partial charge in [0.1, 0.15) is 0 Å². The van der Waals surface area contributed by atoms with Gasteiger partial charge in [0, 0.05) is 19.6 Å². The quantitative estimate of drug-likeness (QED) is 0.861. The summed E-state index contributed by atoms with van der Waals surface area (Å²) in [7, 11) is 0. The van der Waals surface area contributed by atoms with E-state index in [-0.39, 0.29) is 11.9 Å². The second kappa shape index (κ2) is 4.87. The molecule has 4 rings (SSSR count). The Labute approximate surface area is 134 Å². The smallest absolute Gasteiger partial charge is 0.240 e. The number of amides is 1. The second-order valence-electron chi connectivity index (χ2n) is 6.65. The zero-order chi connectivity index (χ0) is 14.6. The lowest BCUT2D eigenvalue weighted by atomic mass is 9.98. The molecule has 3 nitrogen and oxygen atoms in total. The fourth-order valence-electron chi connectivity index (χ4n) is 3.64. The van der Waals surface area contributed by atoms with E-state index in [2.05, 4.69) is 5.32 Å². The minimum absolute atomic E-state index is 0.0109. The minimum Gasteiger partial charge on any atom is -0.337 e. The molecule has 1 amide bonds. The second-order valence-corrected chi connectivity index (χ2v) is 7.43. The summed E-state index contributed by atoms with van der Waals surface area (Å²) in [4.78, 5) is 14.6. The number of hydrogen-bond donors (Lipinski definition) is 1. The summed E-state index contributed by atoms with van der Waals surface area (Å²) in [5.74, 6) is 0.246. The lowest BCUT2D eigenvalue weighted by Gasteiger charge is -2.31. The molecule has 2 heterocycles. The third kappa shape index (κ3) is 2.36.